The molecule has 0 fully saturated rings. The van der Waals surface area contributed by atoms with Crippen LogP contribution in [0, 0.1) is 6.92 Å². The zero-order valence-corrected chi connectivity index (χ0v) is 19.2. The van der Waals surface area contributed by atoms with Crippen LogP contribution in [0.15, 0.2) is 83.7 Å². The first-order valence-electron chi connectivity index (χ1n) is 11.0. The Kier molecular flexibility index (Phi) is 6.89. The number of aromatic nitrogens is 2. The summed E-state index contributed by atoms with van der Waals surface area (Å²) in [5.74, 6) is 1.54. The summed E-state index contributed by atoms with van der Waals surface area (Å²) >= 11 is 0. The van der Waals surface area contributed by atoms with Crippen LogP contribution in [-0.2, 0) is 13.0 Å². The zero-order chi connectivity index (χ0) is 23.2. The highest BCUT2D eigenvalue weighted by atomic mass is 16.5. The quantitative estimate of drug-likeness (QED) is 0.361. The van der Waals surface area contributed by atoms with E-state index >= 15 is 0 Å². The molecule has 0 aliphatic heterocycles. The number of methoxy groups -OCH3 is 2. The maximum Gasteiger partial charge on any atom is 0.267 e. The Hall–Kier alpha value is -3.86. The summed E-state index contributed by atoms with van der Waals surface area (Å²) in [6.45, 7) is 2.64. The lowest BCUT2D eigenvalue weighted by molar-refractivity contribution is 0.414. The topological polar surface area (TPSA) is 53.4 Å². The molecule has 0 aliphatic carbocycles. The maximum absolute atomic E-state index is 13.0. The van der Waals surface area contributed by atoms with Crippen molar-refractivity contribution in [2.24, 2.45) is 0 Å². The van der Waals surface area contributed by atoms with Gasteiger partial charge in [-0.25, -0.2) is 4.68 Å². The molecule has 4 aromatic rings. The van der Waals surface area contributed by atoms with E-state index in [0.717, 1.165) is 46.7 Å². The lowest BCUT2D eigenvalue weighted by Crippen LogP contribution is -2.23. The molecule has 0 aliphatic rings. The molecule has 0 N–H and O–H groups in total. The van der Waals surface area contributed by atoms with Gasteiger partial charge >= 0.3 is 0 Å². The smallest absolute Gasteiger partial charge is 0.267 e. The average molecular weight is 441 g/mol. The predicted octanol–water partition coefficient (Wildman–Crippen LogP) is 5.54. The van der Waals surface area contributed by atoms with E-state index in [9.17, 15) is 4.79 Å². The van der Waals surface area contributed by atoms with Crippen LogP contribution in [0.25, 0.3) is 22.4 Å². The standard InChI is InChI=1S/C28H28N2O3/c1-20-6-8-21(9-7-20)5-4-18-30-27(31)19-26(22-10-14-24(32-2)15-11-22)28(29-30)23-12-16-25(33-3)17-13-23/h6-17,19H,4-5,18H2,1-3H3. The molecule has 0 radical (unpaired) electrons. The highest BCUT2D eigenvalue weighted by Gasteiger charge is 2.14. The molecule has 0 bridgehead atoms. The van der Waals surface area contributed by atoms with Crippen LogP contribution in [0.2, 0.25) is 0 Å². The Morgan fingerprint density at radius 2 is 1.36 bits per heavy atom. The van der Waals surface area contributed by atoms with Crippen LogP contribution in [0.3, 0.4) is 0 Å². The highest BCUT2D eigenvalue weighted by Crippen LogP contribution is 2.31. The predicted molar refractivity (Wildman–Crippen MR) is 132 cm³/mol. The van der Waals surface area contributed by atoms with Crippen molar-refractivity contribution in [3.8, 4) is 33.9 Å². The number of nitrogens with zero attached hydrogens (tertiary/aromatic N) is 2. The van der Waals surface area contributed by atoms with Gasteiger partial charge in [0.25, 0.3) is 5.56 Å². The largest absolute Gasteiger partial charge is 0.497 e. The van der Waals surface area contributed by atoms with Gasteiger partial charge in [-0.1, -0.05) is 42.0 Å². The Bertz CT molecular complexity index is 1260. The number of benzene rings is 3. The van der Waals surface area contributed by atoms with Gasteiger partial charge in [-0.05, 0) is 67.3 Å². The van der Waals surface area contributed by atoms with E-state index in [4.69, 9.17) is 14.6 Å². The van der Waals surface area contributed by atoms with Gasteiger partial charge in [0, 0.05) is 23.7 Å². The van der Waals surface area contributed by atoms with Crippen molar-refractivity contribution in [2.75, 3.05) is 14.2 Å². The third-order valence-corrected chi connectivity index (χ3v) is 5.72. The van der Waals surface area contributed by atoms with Crippen LogP contribution < -0.4 is 15.0 Å². The van der Waals surface area contributed by atoms with E-state index in [0.29, 0.717) is 6.54 Å². The SMILES string of the molecule is COc1ccc(-c2cc(=O)n(CCCc3ccc(C)cc3)nc2-c2ccc(OC)cc2)cc1. The van der Waals surface area contributed by atoms with Crippen LogP contribution in [0.4, 0.5) is 0 Å². The lowest BCUT2D eigenvalue weighted by Gasteiger charge is -2.13. The number of hydrogen-bond donors (Lipinski definition) is 0. The number of rotatable bonds is 8. The van der Waals surface area contributed by atoms with Gasteiger partial charge in [-0.15, -0.1) is 0 Å². The van der Waals surface area contributed by atoms with Crippen molar-refractivity contribution in [1.82, 2.24) is 9.78 Å². The average Bonchev–Trinajstić information content (AvgIpc) is 2.86. The van der Waals surface area contributed by atoms with E-state index in [1.807, 2.05) is 48.5 Å². The summed E-state index contributed by atoms with van der Waals surface area (Å²) in [5, 5.41) is 4.79. The maximum atomic E-state index is 13.0. The molecule has 1 aromatic heterocycles. The van der Waals surface area contributed by atoms with Crippen molar-refractivity contribution in [2.45, 2.75) is 26.3 Å². The minimum atomic E-state index is -0.109. The minimum Gasteiger partial charge on any atom is -0.497 e. The zero-order valence-electron chi connectivity index (χ0n) is 19.2. The Balaban J connectivity index is 1.67. The molecular weight excluding hydrogens is 412 g/mol. The first kappa shape index (κ1) is 22.3. The second-order valence-electron chi connectivity index (χ2n) is 8.01. The molecule has 0 unspecified atom stereocenters. The summed E-state index contributed by atoms with van der Waals surface area (Å²) in [4.78, 5) is 13.0. The van der Waals surface area contributed by atoms with Crippen LogP contribution >= 0.6 is 0 Å². The van der Waals surface area contributed by atoms with Gasteiger partial charge in [0.1, 0.15) is 11.5 Å². The first-order valence-corrected chi connectivity index (χ1v) is 11.0. The Morgan fingerprint density at radius 3 is 1.94 bits per heavy atom. The van der Waals surface area contributed by atoms with Crippen LogP contribution in [0.1, 0.15) is 17.5 Å². The molecule has 1 heterocycles. The Labute approximate surface area is 194 Å². The number of hydrogen-bond acceptors (Lipinski definition) is 4. The molecule has 0 saturated carbocycles. The molecular formula is C28H28N2O3. The van der Waals surface area contributed by atoms with Crippen molar-refractivity contribution >= 4 is 0 Å². The molecule has 3 aromatic carbocycles. The molecule has 0 atom stereocenters. The van der Waals surface area contributed by atoms with Crippen molar-refractivity contribution in [3.63, 3.8) is 0 Å². The summed E-state index contributed by atoms with van der Waals surface area (Å²) < 4.78 is 12.2. The summed E-state index contributed by atoms with van der Waals surface area (Å²) in [7, 11) is 3.28. The van der Waals surface area contributed by atoms with E-state index in [2.05, 4.69) is 31.2 Å². The summed E-state index contributed by atoms with van der Waals surface area (Å²) in [6.07, 6.45) is 1.73. The first-order chi connectivity index (χ1) is 16.1. The van der Waals surface area contributed by atoms with Crippen LogP contribution in [0.5, 0.6) is 11.5 Å². The number of ether oxygens (including phenoxy) is 2. The molecule has 33 heavy (non-hydrogen) atoms. The fourth-order valence-electron chi connectivity index (χ4n) is 3.79. The molecule has 0 spiro atoms. The fraction of sp³-hybridized carbons (Fsp3) is 0.214. The third kappa shape index (κ3) is 5.32. The monoisotopic (exact) mass is 440 g/mol. The summed E-state index contributed by atoms with van der Waals surface area (Å²) in [6, 6.07) is 25.6. The Morgan fingerprint density at radius 1 is 0.788 bits per heavy atom. The molecule has 0 saturated heterocycles. The highest BCUT2D eigenvalue weighted by molar-refractivity contribution is 5.80. The van der Waals surface area contributed by atoms with Gasteiger partial charge in [-0.3, -0.25) is 4.79 Å². The van der Waals surface area contributed by atoms with Gasteiger partial charge in [-0.2, -0.15) is 5.10 Å². The van der Waals surface area contributed by atoms with E-state index in [1.165, 1.54) is 11.1 Å². The lowest BCUT2D eigenvalue weighted by atomic mass is 10.00. The summed E-state index contributed by atoms with van der Waals surface area (Å²) in [5.41, 5.74) is 5.79. The van der Waals surface area contributed by atoms with Gasteiger partial charge in [0.05, 0.1) is 19.9 Å². The van der Waals surface area contributed by atoms with E-state index < -0.39 is 0 Å². The van der Waals surface area contributed by atoms with Crippen molar-refractivity contribution < 1.29 is 9.47 Å². The van der Waals surface area contributed by atoms with Gasteiger partial charge in [0.15, 0.2) is 0 Å². The van der Waals surface area contributed by atoms with Crippen LogP contribution in [-0.4, -0.2) is 24.0 Å². The van der Waals surface area contributed by atoms with Gasteiger partial charge in [0.2, 0.25) is 0 Å². The molecule has 168 valence electrons. The third-order valence-electron chi connectivity index (χ3n) is 5.72. The minimum absolute atomic E-state index is 0.109. The number of aryl methyl sites for hydroxylation is 3. The molecule has 0 amide bonds. The second kappa shape index (κ2) is 10.2. The van der Waals surface area contributed by atoms with Crippen molar-refractivity contribution in [1.29, 1.82) is 0 Å². The fourth-order valence-corrected chi connectivity index (χ4v) is 3.79. The molecule has 5 nitrogen and oxygen atoms in total. The van der Waals surface area contributed by atoms with E-state index in [-0.39, 0.29) is 5.56 Å². The van der Waals surface area contributed by atoms with Crippen molar-refractivity contribution in [3.05, 3.63) is 100 Å². The molecule has 5 heteroatoms. The second-order valence-corrected chi connectivity index (χ2v) is 8.01. The molecule has 4 rings (SSSR count). The van der Waals surface area contributed by atoms with Gasteiger partial charge < -0.3 is 9.47 Å². The normalized spacial score (nSPS) is 10.8. The van der Waals surface area contributed by atoms with E-state index in [1.54, 1.807) is 25.0 Å².